The molecule has 0 aliphatic rings. The van der Waals surface area contributed by atoms with Crippen LogP contribution in [0.25, 0.3) is 0 Å². The van der Waals surface area contributed by atoms with Gasteiger partial charge in [-0.15, -0.1) is 0 Å². The molecule has 0 radical (unpaired) electrons. The molecule has 0 atom stereocenters. The van der Waals surface area contributed by atoms with Crippen molar-refractivity contribution < 1.29 is 19.7 Å². The first-order chi connectivity index (χ1) is 10.5. The summed E-state index contributed by atoms with van der Waals surface area (Å²) >= 11 is 5.97. The van der Waals surface area contributed by atoms with E-state index >= 15 is 0 Å². The van der Waals surface area contributed by atoms with Gasteiger partial charge in [-0.1, -0.05) is 17.7 Å². The molecule has 6 heteroatoms. The van der Waals surface area contributed by atoms with Crippen molar-refractivity contribution in [2.24, 2.45) is 0 Å². The molecular formula is C16H16ClNO4. The van der Waals surface area contributed by atoms with Gasteiger partial charge in [-0.25, -0.2) is 4.79 Å². The molecule has 0 spiro atoms. The lowest BCUT2D eigenvalue weighted by atomic mass is 10.1. The quantitative estimate of drug-likeness (QED) is 0.755. The summed E-state index contributed by atoms with van der Waals surface area (Å²) in [5.41, 5.74) is 1.71. The molecule has 0 heterocycles. The number of aromatic carboxylic acids is 1. The number of carbonyl (C=O) groups is 1. The average molecular weight is 322 g/mol. The van der Waals surface area contributed by atoms with E-state index in [9.17, 15) is 9.90 Å². The Bertz CT molecular complexity index is 688. The zero-order valence-corrected chi connectivity index (χ0v) is 12.7. The van der Waals surface area contributed by atoms with E-state index in [-0.39, 0.29) is 16.3 Å². The number of hydrogen-bond acceptors (Lipinski definition) is 4. The molecule has 2 rings (SSSR count). The maximum Gasteiger partial charge on any atom is 0.335 e. The van der Waals surface area contributed by atoms with Crippen LogP contribution in [0.15, 0.2) is 36.4 Å². The number of hydrogen-bond donors (Lipinski definition) is 3. The van der Waals surface area contributed by atoms with Gasteiger partial charge in [0, 0.05) is 12.2 Å². The van der Waals surface area contributed by atoms with Crippen LogP contribution in [0.1, 0.15) is 22.8 Å². The fourth-order valence-electron chi connectivity index (χ4n) is 1.96. The maximum atomic E-state index is 10.9. The van der Waals surface area contributed by atoms with Gasteiger partial charge < -0.3 is 20.3 Å². The second kappa shape index (κ2) is 7.04. The number of aromatic hydroxyl groups is 1. The predicted molar refractivity (Wildman–Crippen MR) is 85.0 cm³/mol. The summed E-state index contributed by atoms with van der Waals surface area (Å²) in [7, 11) is 0. The van der Waals surface area contributed by atoms with Gasteiger partial charge in [0.05, 0.1) is 17.2 Å². The smallest absolute Gasteiger partial charge is 0.335 e. The number of benzene rings is 2. The first kappa shape index (κ1) is 16.0. The Balaban J connectivity index is 2.14. The van der Waals surface area contributed by atoms with Crippen LogP contribution < -0.4 is 10.1 Å². The number of phenols is 1. The van der Waals surface area contributed by atoms with Crippen molar-refractivity contribution in [3.8, 4) is 11.5 Å². The van der Waals surface area contributed by atoms with E-state index in [0.717, 1.165) is 5.56 Å². The molecule has 2 aromatic carbocycles. The largest absolute Gasteiger partial charge is 0.503 e. The fourth-order valence-corrected chi connectivity index (χ4v) is 2.19. The van der Waals surface area contributed by atoms with Crippen LogP contribution in [0.3, 0.4) is 0 Å². The summed E-state index contributed by atoms with van der Waals surface area (Å²) in [4.78, 5) is 10.9. The van der Waals surface area contributed by atoms with Crippen LogP contribution in [0.4, 0.5) is 5.69 Å². The number of phenolic OH excluding ortho intramolecular Hbond substituents is 1. The minimum absolute atomic E-state index is 0.0832. The molecule has 0 saturated carbocycles. The van der Waals surface area contributed by atoms with E-state index in [1.807, 2.05) is 6.92 Å². The van der Waals surface area contributed by atoms with Crippen molar-refractivity contribution in [2.45, 2.75) is 13.5 Å². The minimum Gasteiger partial charge on any atom is -0.503 e. The van der Waals surface area contributed by atoms with Crippen LogP contribution in [0, 0.1) is 0 Å². The second-order valence-corrected chi connectivity index (χ2v) is 5.00. The third-order valence-corrected chi connectivity index (χ3v) is 3.28. The molecule has 0 saturated heterocycles. The molecule has 0 amide bonds. The lowest BCUT2D eigenvalue weighted by Gasteiger charge is -2.12. The van der Waals surface area contributed by atoms with E-state index in [1.54, 1.807) is 30.3 Å². The number of halogens is 1. The highest BCUT2D eigenvalue weighted by atomic mass is 35.5. The minimum atomic E-state index is -0.977. The number of rotatable bonds is 6. The van der Waals surface area contributed by atoms with Crippen molar-refractivity contribution in [1.29, 1.82) is 0 Å². The van der Waals surface area contributed by atoms with E-state index in [2.05, 4.69) is 5.32 Å². The van der Waals surface area contributed by atoms with Crippen LogP contribution in [0.2, 0.25) is 5.02 Å². The Labute approximate surface area is 133 Å². The molecule has 116 valence electrons. The van der Waals surface area contributed by atoms with Crippen molar-refractivity contribution in [3.63, 3.8) is 0 Å². The Morgan fingerprint density at radius 2 is 2.09 bits per heavy atom. The average Bonchev–Trinajstić information content (AvgIpc) is 2.50. The molecule has 5 nitrogen and oxygen atoms in total. The van der Waals surface area contributed by atoms with Gasteiger partial charge in [0.1, 0.15) is 0 Å². The van der Waals surface area contributed by atoms with Crippen molar-refractivity contribution >= 4 is 23.3 Å². The first-order valence-corrected chi connectivity index (χ1v) is 7.10. The van der Waals surface area contributed by atoms with Gasteiger partial charge in [0.15, 0.2) is 11.5 Å². The highest BCUT2D eigenvalue weighted by Crippen LogP contribution is 2.35. The van der Waals surface area contributed by atoms with Gasteiger partial charge in [0.25, 0.3) is 0 Å². The van der Waals surface area contributed by atoms with Gasteiger partial charge >= 0.3 is 5.97 Å². The van der Waals surface area contributed by atoms with Gasteiger partial charge in [0.2, 0.25) is 0 Å². The molecule has 0 aromatic heterocycles. The lowest BCUT2D eigenvalue weighted by Crippen LogP contribution is -2.03. The highest BCUT2D eigenvalue weighted by molar-refractivity contribution is 6.32. The van der Waals surface area contributed by atoms with E-state index in [4.69, 9.17) is 21.4 Å². The second-order valence-electron chi connectivity index (χ2n) is 4.60. The van der Waals surface area contributed by atoms with Crippen molar-refractivity contribution in [2.75, 3.05) is 11.9 Å². The maximum absolute atomic E-state index is 10.9. The molecular weight excluding hydrogens is 306 g/mol. The Hall–Kier alpha value is -2.40. The Morgan fingerprint density at radius 3 is 2.77 bits per heavy atom. The van der Waals surface area contributed by atoms with Crippen LogP contribution >= 0.6 is 11.6 Å². The van der Waals surface area contributed by atoms with Crippen LogP contribution in [-0.2, 0) is 6.54 Å². The molecule has 3 N–H and O–H groups in total. The topological polar surface area (TPSA) is 78.8 Å². The van der Waals surface area contributed by atoms with Gasteiger partial charge in [-0.2, -0.15) is 0 Å². The first-order valence-electron chi connectivity index (χ1n) is 6.72. The number of ether oxygens (including phenoxy) is 1. The summed E-state index contributed by atoms with van der Waals surface area (Å²) in [6.07, 6.45) is 0. The summed E-state index contributed by atoms with van der Waals surface area (Å²) in [6.45, 7) is 2.65. The summed E-state index contributed by atoms with van der Waals surface area (Å²) < 4.78 is 5.32. The van der Waals surface area contributed by atoms with Gasteiger partial charge in [-0.3, -0.25) is 0 Å². The Morgan fingerprint density at radius 1 is 1.32 bits per heavy atom. The molecule has 0 aliphatic heterocycles. The third-order valence-electron chi connectivity index (χ3n) is 2.99. The summed E-state index contributed by atoms with van der Waals surface area (Å²) in [5, 5.41) is 22.1. The molecule has 0 fully saturated rings. The summed E-state index contributed by atoms with van der Waals surface area (Å²) in [6, 6.07) is 9.84. The zero-order chi connectivity index (χ0) is 16.1. The number of carboxylic acids is 1. The van der Waals surface area contributed by atoms with E-state index < -0.39 is 5.97 Å². The molecule has 22 heavy (non-hydrogen) atoms. The number of anilines is 1. The van der Waals surface area contributed by atoms with Crippen molar-refractivity contribution in [3.05, 3.63) is 52.5 Å². The SMILES string of the molecule is CCOc1cc(CNc2cccc(C(=O)O)c2)cc(Cl)c1O. The number of nitrogens with one attached hydrogen (secondary N) is 1. The van der Waals surface area contributed by atoms with Crippen LogP contribution in [-0.4, -0.2) is 22.8 Å². The predicted octanol–water partition coefficient (Wildman–Crippen LogP) is 3.75. The fraction of sp³-hybridized carbons (Fsp3) is 0.188. The molecule has 0 bridgehead atoms. The van der Waals surface area contributed by atoms with Gasteiger partial charge in [-0.05, 0) is 42.8 Å². The monoisotopic (exact) mass is 321 g/mol. The normalized spacial score (nSPS) is 10.3. The standard InChI is InChI=1S/C16H16ClNO4/c1-2-22-14-7-10(6-13(17)15(14)19)9-18-12-5-3-4-11(8-12)16(20)21/h3-8,18-19H,2,9H2,1H3,(H,20,21). The highest BCUT2D eigenvalue weighted by Gasteiger charge is 2.10. The van der Waals surface area contributed by atoms with E-state index in [0.29, 0.717) is 24.6 Å². The molecule has 0 unspecified atom stereocenters. The Kier molecular flexibility index (Phi) is 5.12. The molecule has 0 aliphatic carbocycles. The van der Waals surface area contributed by atoms with Crippen LogP contribution in [0.5, 0.6) is 11.5 Å². The van der Waals surface area contributed by atoms with Crippen molar-refractivity contribution in [1.82, 2.24) is 0 Å². The molecule has 2 aromatic rings. The third kappa shape index (κ3) is 3.83. The number of carboxylic acid groups (broad SMARTS) is 1. The zero-order valence-electron chi connectivity index (χ0n) is 12.0. The summed E-state index contributed by atoms with van der Waals surface area (Å²) in [5.74, 6) is -0.735. The lowest BCUT2D eigenvalue weighted by molar-refractivity contribution is 0.0697. The van der Waals surface area contributed by atoms with E-state index in [1.165, 1.54) is 6.07 Å².